The lowest BCUT2D eigenvalue weighted by atomic mass is 10.1. The molecule has 0 radical (unpaired) electrons. The molecular formula is C11H8O3. The number of ketones is 1. The maximum absolute atomic E-state index is 11.6. The lowest BCUT2D eigenvalue weighted by molar-refractivity contribution is -0.108. The third-order valence-electron chi connectivity index (χ3n) is 2.25. The molecule has 3 heteroatoms. The second kappa shape index (κ2) is 3.03. The summed E-state index contributed by atoms with van der Waals surface area (Å²) in [4.78, 5) is 11.6. The maximum atomic E-state index is 11.6. The van der Waals surface area contributed by atoms with Gasteiger partial charge in [0, 0.05) is 0 Å². The fraction of sp³-hybridized carbons (Fsp3) is 0. The molecule has 0 atom stereocenters. The van der Waals surface area contributed by atoms with Crippen molar-refractivity contribution in [3.8, 4) is 0 Å². The minimum atomic E-state index is -0.351. The standard InChI is InChI=1S/C11H8O3/c12-5-9-7-3-1-2-4-8(7)10(6-13)11(9)14/h1-6,12-13H. The van der Waals surface area contributed by atoms with E-state index in [9.17, 15) is 4.79 Å². The SMILES string of the molecule is O=C1C(=CO)c2ccccc2C1=CO. The minimum Gasteiger partial charge on any atom is -0.515 e. The van der Waals surface area contributed by atoms with E-state index >= 15 is 0 Å². The molecule has 0 saturated heterocycles. The van der Waals surface area contributed by atoms with E-state index in [4.69, 9.17) is 10.2 Å². The van der Waals surface area contributed by atoms with Crippen LogP contribution in [-0.4, -0.2) is 16.0 Å². The van der Waals surface area contributed by atoms with Crippen molar-refractivity contribution in [2.75, 3.05) is 0 Å². The molecule has 1 aliphatic rings. The number of hydrogen-bond donors (Lipinski definition) is 2. The number of aliphatic hydroxyl groups is 2. The van der Waals surface area contributed by atoms with E-state index < -0.39 is 0 Å². The summed E-state index contributed by atoms with van der Waals surface area (Å²) in [5.41, 5.74) is 1.75. The molecule has 0 aromatic heterocycles. The zero-order valence-corrected chi connectivity index (χ0v) is 7.27. The molecule has 0 unspecified atom stereocenters. The summed E-state index contributed by atoms with van der Waals surface area (Å²) in [6, 6.07) is 7.00. The first-order valence-electron chi connectivity index (χ1n) is 4.13. The van der Waals surface area contributed by atoms with Gasteiger partial charge in [-0.2, -0.15) is 0 Å². The monoisotopic (exact) mass is 188 g/mol. The molecule has 1 aromatic carbocycles. The van der Waals surface area contributed by atoms with Gasteiger partial charge in [-0.05, 0) is 11.1 Å². The Balaban J connectivity index is 2.75. The van der Waals surface area contributed by atoms with Crippen molar-refractivity contribution in [2.45, 2.75) is 0 Å². The van der Waals surface area contributed by atoms with Gasteiger partial charge in [0.25, 0.3) is 0 Å². The summed E-state index contributed by atoms with van der Waals surface area (Å²) in [6.07, 6.45) is 1.55. The molecule has 1 aromatic rings. The van der Waals surface area contributed by atoms with Crippen molar-refractivity contribution >= 4 is 16.9 Å². The van der Waals surface area contributed by atoms with Crippen molar-refractivity contribution < 1.29 is 15.0 Å². The molecule has 2 rings (SSSR count). The smallest absolute Gasteiger partial charge is 0.200 e. The van der Waals surface area contributed by atoms with Gasteiger partial charge >= 0.3 is 0 Å². The Bertz CT molecular complexity index is 414. The largest absolute Gasteiger partial charge is 0.515 e. The van der Waals surface area contributed by atoms with Crippen LogP contribution in [0.4, 0.5) is 0 Å². The van der Waals surface area contributed by atoms with Crippen LogP contribution < -0.4 is 0 Å². The van der Waals surface area contributed by atoms with Crippen molar-refractivity contribution in [2.24, 2.45) is 0 Å². The first kappa shape index (κ1) is 8.56. The molecule has 0 fully saturated rings. The molecule has 0 bridgehead atoms. The molecular weight excluding hydrogens is 180 g/mol. The maximum Gasteiger partial charge on any atom is 0.200 e. The van der Waals surface area contributed by atoms with Crippen LogP contribution in [0.25, 0.3) is 11.1 Å². The highest BCUT2D eigenvalue weighted by Gasteiger charge is 2.29. The predicted octanol–water partition coefficient (Wildman–Crippen LogP) is 2.07. The van der Waals surface area contributed by atoms with Crippen LogP contribution in [0.3, 0.4) is 0 Å². The van der Waals surface area contributed by atoms with Crippen LogP contribution in [0.2, 0.25) is 0 Å². The van der Waals surface area contributed by atoms with E-state index in [0.717, 1.165) is 12.5 Å². The van der Waals surface area contributed by atoms with Gasteiger partial charge in [-0.25, -0.2) is 0 Å². The fourth-order valence-corrected chi connectivity index (χ4v) is 1.60. The molecule has 1 aliphatic carbocycles. The van der Waals surface area contributed by atoms with E-state index in [0.29, 0.717) is 11.1 Å². The average molecular weight is 188 g/mol. The number of aliphatic hydroxyl groups excluding tert-OH is 2. The Labute approximate surface area is 80.6 Å². The zero-order chi connectivity index (χ0) is 10.1. The first-order valence-corrected chi connectivity index (χ1v) is 4.13. The number of allylic oxidation sites excluding steroid dienone is 2. The lowest BCUT2D eigenvalue weighted by Gasteiger charge is -1.95. The van der Waals surface area contributed by atoms with Crippen LogP contribution in [-0.2, 0) is 4.79 Å². The van der Waals surface area contributed by atoms with Crippen LogP contribution in [0.5, 0.6) is 0 Å². The van der Waals surface area contributed by atoms with Crippen molar-refractivity contribution in [3.05, 3.63) is 47.9 Å². The Hall–Kier alpha value is -2.03. The lowest BCUT2D eigenvalue weighted by Crippen LogP contribution is -1.93. The van der Waals surface area contributed by atoms with E-state index in [2.05, 4.69) is 0 Å². The van der Waals surface area contributed by atoms with Crippen molar-refractivity contribution in [1.29, 1.82) is 0 Å². The third kappa shape index (κ3) is 0.956. The summed E-state index contributed by atoms with van der Waals surface area (Å²) >= 11 is 0. The number of fused-ring (bicyclic) bond motifs is 1. The number of benzene rings is 1. The van der Waals surface area contributed by atoms with E-state index in [1.807, 2.05) is 0 Å². The van der Waals surface area contributed by atoms with Gasteiger partial charge in [-0.1, -0.05) is 24.3 Å². The topological polar surface area (TPSA) is 57.5 Å². The van der Waals surface area contributed by atoms with Gasteiger partial charge in [0.1, 0.15) is 0 Å². The summed E-state index contributed by atoms with van der Waals surface area (Å²) in [5, 5.41) is 17.8. The van der Waals surface area contributed by atoms with Crippen molar-refractivity contribution in [3.63, 3.8) is 0 Å². The molecule has 3 nitrogen and oxygen atoms in total. The van der Waals surface area contributed by atoms with Gasteiger partial charge in [-0.3, -0.25) is 4.79 Å². The molecule has 70 valence electrons. The van der Waals surface area contributed by atoms with Crippen LogP contribution in [0.15, 0.2) is 36.8 Å². The Morgan fingerprint density at radius 1 is 0.929 bits per heavy atom. The Morgan fingerprint density at radius 2 is 1.36 bits per heavy atom. The molecule has 14 heavy (non-hydrogen) atoms. The van der Waals surface area contributed by atoms with Gasteiger partial charge in [0.15, 0.2) is 5.78 Å². The van der Waals surface area contributed by atoms with Crippen LogP contribution >= 0.6 is 0 Å². The highest BCUT2D eigenvalue weighted by atomic mass is 16.2. The quantitative estimate of drug-likeness (QED) is 0.484. The highest BCUT2D eigenvalue weighted by Crippen LogP contribution is 2.36. The average Bonchev–Trinajstić information content (AvgIpc) is 2.49. The van der Waals surface area contributed by atoms with Gasteiger partial charge in [0.2, 0.25) is 0 Å². The summed E-state index contributed by atoms with van der Waals surface area (Å²) in [7, 11) is 0. The number of rotatable bonds is 0. The second-order valence-corrected chi connectivity index (χ2v) is 2.96. The number of carbonyl (C=O) groups excluding carboxylic acids is 1. The van der Waals surface area contributed by atoms with E-state index in [1.54, 1.807) is 24.3 Å². The highest BCUT2D eigenvalue weighted by molar-refractivity contribution is 6.47. The Kier molecular flexibility index (Phi) is 1.85. The molecule has 0 saturated carbocycles. The normalized spacial score (nSPS) is 20.4. The summed E-state index contributed by atoms with van der Waals surface area (Å²) in [6.45, 7) is 0. The van der Waals surface area contributed by atoms with E-state index in [1.165, 1.54) is 0 Å². The molecule has 0 spiro atoms. The summed E-state index contributed by atoms with van der Waals surface area (Å²) in [5.74, 6) is -0.351. The fourth-order valence-electron chi connectivity index (χ4n) is 1.60. The van der Waals surface area contributed by atoms with Gasteiger partial charge in [-0.15, -0.1) is 0 Å². The van der Waals surface area contributed by atoms with Gasteiger partial charge in [0.05, 0.1) is 23.7 Å². The van der Waals surface area contributed by atoms with Crippen LogP contribution in [0.1, 0.15) is 11.1 Å². The number of hydrogen-bond acceptors (Lipinski definition) is 3. The number of Topliss-reactive ketones (excluding diaryl/α,β-unsaturated/α-hetero) is 1. The molecule has 2 N–H and O–H groups in total. The molecule has 0 amide bonds. The number of carbonyl (C=O) groups is 1. The molecule has 0 aliphatic heterocycles. The van der Waals surface area contributed by atoms with Crippen LogP contribution in [0, 0.1) is 0 Å². The molecule has 0 heterocycles. The minimum absolute atomic E-state index is 0.223. The summed E-state index contributed by atoms with van der Waals surface area (Å²) < 4.78 is 0. The first-order chi connectivity index (χ1) is 6.79. The zero-order valence-electron chi connectivity index (χ0n) is 7.27. The van der Waals surface area contributed by atoms with E-state index in [-0.39, 0.29) is 16.9 Å². The predicted molar refractivity (Wildman–Crippen MR) is 52.7 cm³/mol. The van der Waals surface area contributed by atoms with Gasteiger partial charge < -0.3 is 10.2 Å². The third-order valence-corrected chi connectivity index (χ3v) is 2.25. The van der Waals surface area contributed by atoms with Crippen molar-refractivity contribution in [1.82, 2.24) is 0 Å². The second-order valence-electron chi connectivity index (χ2n) is 2.96. The Morgan fingerprint density at radius 3 is 1.71 bits per heavy atom.